The van der Waals surface area contributed by atoms with Crippen LogP contribution in [0.4, 0.5) is 0 Å². The van der Waals surface area contributed by atoms with E-state index >= 15 is 0 Å². The van der Waals surface area contributed by atoms with Gasteiger partial charge in [0.2, 0.25) is 23.6 Å². The second-order valence-electron chi connectivity index (χ2n) is 10.1. The van der Waals surface area contributed by atoms with E-state index in [1.54, 1.807) is 12.1 Å². The van der Waals surface area contributed by atoms with Gasteiger partial charge in [-0.25, -0.2) is 19.3 Å². The number of hydrogen-bond donors (Lipinski definition) is 4. The SMILES string of the molecule is CC(=O)NC(=O)CC(O)(Cn1cncn1)c1ccc(Cl)cc1Cl.CC(=O)NC(=O)CC(O)(Cn1cncn1)c1ccc(Cl)cc1Cl.O. The predicted octanol–water partition coefficient (Wildman–Crippen LogP) is 2.23. The lowest BCUT2D eigenvalue weighted by atomic mass is 9.89. The van der Waals surface area contributed by atoms with Crippen LogP contribution in [0.1, 0.15) is 37.8 Å². The lowest BCUT2D eigenvalue weighted by molar-refractivity contribution is -0.135. The zero-order valence-corrected chi connectivity index (χ0v) is 27.8. The maximum atomic E-state index is 11.9. The summed E-state index contributed by atoms with van der Waals surface area (Å²) in [5.41, 5.74) is -2.76. The molecular weight excluding hydrogens is 702 g/mol. The maximum absolute atomic E-state index is 11.9. The molecule has 2 unspecified atom stereocenters. The summed E-state index contributed by atoms with van der Waals surface area (Å²) in [7, 11) is 0. The quantitative estimate of drug-likeness (QED) is 0.186. The van der Waals surface area contributed by atoms with Crippen LogP contribution in [0.3, 0.4) is 0 Å². The van der Waals surface area contributed by atoms with Gasteiger partial charge in [0.1, 0.15) is 36.5 Å². The standard InChI is InChI=1S/2C14H14Cl2N4O3.H2O/c2*1-9(21)19-13(22)5-14(23,6-20-8-17-7-18-20)11-3-2-10(15)4-12(11)16;/h2*2-4,7-8,23H,5-6H2,1H3,(H,19,21,22);1H2. The summed E-state index contributed by atoms with van der Waals surface area (Å²) in [6.07, 6.45) is 4.65. The van der Waals surface area contributed by atoms with Crippen molar-refractivity contribution in [2.24, 2.45) is 0 Å². The molecule has 0 spiro atoms. The summed E-state index contributed by atoms with van der Waals surface area (Å²) in [6.45, 7) is 2.28. The number of carbonyl (C=O) groups is 4. The number of imide groups is 2. The largest absolute Gasteiger partial charge is 0.412 e. The first-order valence-electron chi connectivity index (χ1n) is 13.2. The lowest BCUT2D eigenvalue weighted by Crippen LogP contribution is -2.40. The van der Waals surface area contributed by atoms with E-state index in [-0.39, 0.29) is 41.5 Å². The Hall–Kier alpha value is -3.96. The first-order valence-corrected chi connectivity index (χ1v) is 14.7. The Kier molecular flexibility index (Phi) is 14.4. The van der Waals surface area contributed by atoms with Crippen LogP contribution < -0.4 is 10.6 Å². The van der Waals surface area contributed by atoms with Crippen LogP contribution in [0.5, 0.6) is 0 Å². The third-order valence-corrected chi connectivity index (χ3v) is 7.28. The maximum Gasteiger partial charge on any atom is 0.229 e. The number of amides is 4. The van der Waals surface area contributed by atoms with E-state index in [2.05, 4.69) is 30.8 Å². The molecule has 0 aliphatic heterocycles. The second kappa shape index (κ2) is 17.3. The number of halogens is 4. The van der Waals surface area contributed by atoms with Gasteiger partial charge in [-0.1, -0.05) is 58.5 Å². The molecule has 6 N–H and O–H groups in total. The topological polar surface area (TPSA) is 226 Å². The minimum atomic E-state index is -1.69. The summed E-state index contributed by atoms with van der Waals surface area (Å²) in [5.74, 6) is -2.29. The van der Waals surface area contributed by atoms with Crippen LogP contribution in [-0.2, 0) is 43.5 Å². The first kappa shape index (κ1) is 39.2. The van der Waals surface area contributed by atoms with Gasteiger partial charge in [-0.2, -0.15) is 10.2 Å². The van der Waals surface area contributed by atoms with Gasteiger partial charge in [0, 0.05) is 45.1 Å². The Morgan fingerprint density at radius 3 is 1.34 bits per heavy atom. The fraction of sp³-hybridized carbons (Fsp3) is 0.286. The van der Waals surface area contributed by atoms with Crippen LogP contribution in [-0.4, -0.2) is 68.8 Å². The number of carbonyl (C=O) groups excluding carboxylic acids is 4. The Bertz CT molecular complexity index is 1570. The van der Waals surface area contributed by atoms with Gasteiger partial charge in [0.05, 0.1) is 25.9 Å². The summed E-state index contributed by atoms with van der Waals surface area (Å²) in [5, 5.41) is 35.3. The van der Waals surface area contributed by atoms with Gasteiger partial charge in [-0.05, 0) is 24.3 Å². The average molecular weight is 732 g/mol. The molecule has 0 aliphatic rings. The number of benzene rings is 2. The van der Waals surface area contributed by atoms with Crippen molar-refractivity contribution in [3.8, 4) is 0 Å². The Morgan fingerprint density at radius 2 is 1.06 bits per heavy atom. The van der Waals surface area contributed by atoms with E-state index in [1.165, 1.54) is 72.8 Å². The number of nitrogens with one attached hydrogen (secondary N) is 2. The molecule has 2 aromatic carbocycles. The molecule has 0 saturated carbocycles. The predicted molar refractivity (Wildman–Crippen MR) is 171 cm³/mol. The smallest absolute Gasteiger partial charge is 0.229 e. The van der Waals surface area contributed by atoms with Gasteiger partial charge in [-0.3, -0.25) is 29.8 Å². The number of nitrogens with zero attached hydrogens (tertiary/aromatic N) is 6. The molecule has 19 heteroatoms. The molecule has 0 saturated heterocycles. The normalized spacial score (nSPS) is 13.1. The Balaban J connectivity index is 0.000000320. The van der Waals surface area contributed by atoms with Crippen molar-refractivity contribution < 1.29 is 34.9 Å². The summed E-state index contributed by atoms with van der Waals surface area (Å²) >= 11 is 24.0. The molecule has 2 atom stereocenters. The van der Waals surface area contributed by atoms with E-state index in [1.807, 2.05) is 0 Å². The molecule has 0 radical (unpaired) electrons. The molecule has 4 amide bonds. The highest BCUT2D eigenvalue weighted by molar-refractivity contribution is 6.35. The Labute approximate surface area is 288 Å². The minimum Gasteiger partial charge on any atom is -0.412 e. The monoisotopic (exact) mass is 730 g/mol. The zero-order valence-electron chi connectivity index (χ0n) is 24.8. The number of aromatic nitrogens is 6. The molecule has 4 rings (SSSR count). The van der Waals surface area contributed by atoms with E-state index in [9.17, 15) is 29.4 Å². The number of aliphatic hydroxyl groups is 2. The van der Waals surface area contributed by atoms with Crippen molar-refractivity contribution in [1.82, 2.24) is 40.2 Å². The molecule has 4 aromatic rings. The van der Waals surface area contributed by atoms with Gasteiger partial charge >= 0.3 is 0 Å². The molecule has 15 nitrogen and oxygen atoms in total. The average Bonchev–Trinajstić information content (AvgIpc) is 3.62. The molecule has 0 bridgehead atoms. The van der Waals surface area contributed by atoms with Crippen LogP contribution in [0.2, 0.25) is 20.1 Å². The van der Waals surface area contributed by atoms with E-state index < -0.39 is 34.8 Å². The highest BCUT2D eigenvalue weighted by atomic mass is 35.5. The number of rotatable bonds is 10. The van der Waals surface area contributed by atoms with Crippen molar-refractivity contribution in [3.63, 3.8) is 0 Å². The fourth-order valence-electron chi connectivity index (χ4n) is 4.38. The van der Waals surface area contributed by atoms with Crippen molar-refractivity contribution >= 4 is 70.0 Å². The number of hydrogen-bond acceptors (Lipinski definition) is 10. The Morgan fingerprint density at radius 1 is 0.702 bits per heavy atom. The third-order valence-electron chi connectivity index (χ3n) is 6.18. The molecule has 2 aromatic heterocycles. The van der Waals surface area contributed by atoms with Gasteiger partial charge in [-0.15, -0.1) is 0 Å². The van der Waals surface area contributed by atoms with Crippen LogP contribution in [0.25, 0.3) is 0 Å². The molecule has 2 heterocycles. The third kappa shape index (κ3) is 11.7. The van der Waals surface area contributed by atoms with Gasteiger partial charge < -0.3 is 15.7 Å². The van der Waals surface area contributed by atoms with E-state index in [4.69, 9.17) is 46.4 Å². The fourth-order valence-corrected chi connectivity index (χ4v) is 5.55. The van der Waals surface area contributed by atoms with Gasteiger partial charge in [0.25, 0.3) is 0 Å². The summed E-state index contributed by atoms with van der Waals surface area (Å²) in [4.78, 5) is 53.5. The molecule has 0 aliphatic carbocycles. The van der Waals surface area contributed by atoms with Crippen LogP contribution in [0.15, 0.2) is 61.7 Å². The first-order chi connectivity index (χ1) is 21.6. The zero-order chi connectivity index (χ0) is 34.1. The second-order valence-corrected chi connectivity index (χ2v) is 11.7. The molecule has 252 valence electrons. The highest BCUT2D eigenvalue weighted by Crippen LogP contribution is 2.35. The van der Waals surface area contributed by atoms with Crippen molar-refractivity contribution in [2.75, 3.05) is 0 Å². The molecular formula is C28H30Cl4N8O7. The molecule has 47 heavy (non-hydrogen) atoms. The molecule has 0 fully saturated rings. The van der Waals surface area contributed by atoms with Crippen LogP contribution >= 0.6 is 46.4 Å². The van der Waals surface area contributed by atoms with Gasteiger partial charge in [0.15, 0.2) is 0 Å². The van der Waals surface area contributed by atoms with E-state index in [0.29, 0.717) is 21.2 Å². The van der Waals surface area contributed by atoms with Crippen LogP contribution in [0, 0.1) is 0 Å². The van der Waals surface area contributed by atoms with Crippen molar-refractivity contribution in [2.45, 2.75) is 51.0 Å². The summed E-state index contributed by atoms with van der Waals surface area (Å²) in [6, 6.07) is 9.10. The van der Waals surface area contributed by atoms with Crippen molar-refractivity contribution in [1.29, 1.82) is 0 Å². The lowest BCUT2D eigenvalue weighted by Gasteiger charge is -2.28. The van der Waals surface area contributed by atoms with Crippen molar-refractivity contribution in [3.05, 3.63) is 92.9 Å². The van der Waals surface area contributed by atoms with E-state index in [0.717, 1.165) is 0 Å². The summed E-state index contributed by atoms with van der Waals surface area (Å²) < 4.78 is 2.73. The highest BCUT2D eigenvalue weighted by Gasteiger charge is 2.36. The minimum absolute atomic E-state index is 0.